The fourth-order valence-corrected chi connectivity index (χ4v) is 4.09. The Hall–Kier alpha value is -1.13. The maximum atomic E-state index is 9.91. The van der Waals surface area contributed by atoms with Gasteiger partial charge in [0.15, 0.2) is 0 Å². The summed E-state index contributed by atoms with van der Waals surface area (Å²) in [5.74, 6) is 1.06. The van der Waals surface area contributed by atoms with Crippen molar-refractivity contribution < 1.29 is 5.11 Å². The molecule has 1 aromatic carbocycles. The Balaban J connectivity index is 1.75. The summed E-state index contributed by atoms with van der Waals surface area (Å²) < 4.78 is 1.06. The van der Waals surface area contributed by atoms with E-state index in [9.17, 15) is 5.11 Å². The number of hydrogen-bond acceptors (Lipinski definition) is 3. The van der Waals surface area contributed by atoms with Crippen LogP contribution in [0.1, 0.15) is 25.7 Å². The second-order valence-corrected chi connectivity index (χ2v) is 6.84. The predicted molar refractivity (Wildman–Crippen MR) is 84.0 cm³/mol. The number of pyridine rings is 1. The first-order valence-electron chi connectivity index (χ1n) is 7.23. The standard InChI is InChI=1S/C16H17BrN2O/c17-11-3-1-10-2-6-16(18-15(10)7-11)19-12-4-5-13(19)9-14(20)8-12/h1-3,6-7,12-14,20H,4-5,8-9H2. The first kappa shape index (κ1) is 12.6. The Morgan fingerprint density at radius 1 is 1.10 bits per heavy atom. The van der Waals surface area contributed by atoms with Crippen LogP contribution in [0.4, 0.5) is 5.82 Å². The lowest BCUT2D eigenvalue weighted by atomic mass is 10.00. The Labute approximate surface area is 126 Å². The van der Waals surface area contributed by atoms with Gasteiger partial charge in [0.25, 0.3) is 0 Å². The molecule has 0 aliphatic carbocycles. The third kappa shape index (κ3) is 2.02. The van der Waals surface area contributed by atoms with Gasteiger partial charge in [0.2, 0.25) is 0 Å². The molecule has 1 N–H and O–H groups in total. The minimum absolute atomic E-state index is 0.127. The molecular weight excluding hydrogens is 316 g/mol. The zero-order chi connectivity index (χ0) is 13.7. The van der Waals surface area contributed by atoms with Gasteiger partial charge in [-0.1, -0.05) is 22.0 Å². The van der Waals surface area contributed by atoms with Crippen molar-refractivity contribution in [3.05, 3.63) is 34.8 Å². The second-order valence-electron chi connectivity index (χ2n) is 5.92. The highest BCUT2D eigenvalue weighted by atomic mass is 79.9. The molecule has 4 heteroatoms. The molecule has 2 aliphatic rings. The van der Waals surface area contributed by atoms with Crippen LogP contribution in [0.15, 0.2) is 34.8 Å². The molecule has 2 bridgehead atoms. The van der Waals surface area contributed by atoms with Gasteiger partial charge in [-0.3, -0.25) is 0 Å². The Morgan fingerprint density at radius 2 is 1.80 bits per heavy atom. The maximum Gasteiger partial charge on any atom is 0.129 e. The number of fused-ring (bicyclic) bond motifs is 3. The molecule has 0 radical (unpaired) electrons. The molecule has 3 nitrogen and oxygen atoms in total. The zero-order valence-corrected chi connectivity index (χ0v) is 12.8. The lowest BCUT2D eigenvalue weighted by Gasteiger charge is -2.38. The van der Waals surface area contributed by atoms with E-state index in [1.165, 1.54) is 18.2 Å². The van der Waals surface area contributed by atoms with Gasteiger partial charge in [-0.25, -0.2) is 4.98 Å². The Morgan fingerprint density at radius 3 is 2.55 bits per heavy atom. The number of piperidine rings is 1. The smallest absolute Gasteiger partial charge is 0.129 e. The van der Waals surface area contributed by atoms with E-state index in [-0.39, 0.29) is 6.10 Å². The lowest BCUT2D eigenvalue weighted by molar-refractivity contribution is 0.126. The summed E-state index contributed by atoms with van der Waals surface area (Å²) in [6, 6.07) is 11.4. The molecule has 2 fully saturated rings. The Bertz CT molecular complexity index is 646. The van der Waals surface area contributed by atoms with Crippen molar-refractivity contribution in [2.45, 2.75) is 43.9 Å². The van der Waals surface area contributed by atoms with Gasteiger partial charge in [-0.2, -0.15) is 0 Å². The third-order valence-corrected chi connectivity index (χ3v) is 5.11. The first-order chi connectivity index (χ1) is 9.70. The molecule has 0 spiro atoms. The lowest BCUT2D eigenvalue weighted by Crippen LogP contribution is -2.45. The molecule has 0 amide bonds. The number of aliphatic hydroxyl groups excluding tert-OH is 1. The minimum atomic E-state index is -0.127. The van der Waals surface area contributed by atoms with Crippen molar-refractivity contribution in [1.29, 1.82) is 0 Å². The minimum Gasteiger partial charge on any atom is -0.393 e. The van der Waals surface area contributed by atoms with Crippen LogP contribution in [0.2, 0.25) is 0 Å². The highest BCUT2D eigenvalue weighted by Crippen LogP contribution is 2.39. The number of anilines is 1. The van der Waals surface area contributed by atoms with Crippen molar-refractivity contribution in [1.82, 2.24) is 4.98 Å². The first-order valence-corrected chi connectivity index (χ1v) is 8.03. The summed E-state index contributed by atoms with van der Waals surface area (Å²) in [6.07, 6.45) is 4.00. The number of halogens is 1. The van der Waals surface area contributed by atoms with E-state index in [1.54, 1.807) is 0 Å². The average Bonchev–Trinajstić information content (AvgIpc) is 2.70. The van der Waals surface area contributed by atoms with Crippen LogP contribution in [0.3, 0.4) is 0 Å². The summed E-state index contributed by atoms with van der Waals surface area (Å²) in [6.45, 7) is 0. The number of nitrogens with zero attached hydrogens (tertiary/aromatic N) is 2. The number of rotatable bonds is 1. The van der Waals surface area contributed by atoms with E-state index in [0.29, 0.717) is 12.1 Å². The molecule has 1 aromatic heterocycles. The molecule has 3 heterocycles. The van der Waals surface area contributed by atoms with Crippen molar-refractivity contribution in [3.63, 3.8) is 0 Å². The van der Waals surface area contributed by atoms with E-state index in [4.69, 9.17) is 4.98 Å². The quantitative estimate of drug-likeness (QED) is 0.868. The Kier molecular flexibility index (Phi) is 2.97. The third-order valence-electron chi connectivity index (χ3n) is 4.61. The SMILES string of the molecule is OC1CC2CCC(C1)N2c1ccc2ccc(Br)cc2n1. The second kappa shape index (κ2) is 4.71. The normalized spacial score (nSPS) is 29.1. The van der Waals surface area contributed by atoms with Crippen molar-refractivity contribution in [3.8, 4) is 0 Å². The molecule has 2 unspecified atom stereocenters. The summed E-state index contributed by atoms with van der Waals surface area (Å²) in [4.78, 5) is 7.28. The number of aromatic nitrogens is 1. The molecular formula is C16H17BrN2O. The monoisotopic (exact) mass is 332 g/mol. The summed E-state index contributed by atoms with van der Waals surface area (Å²) >= 11 is 3.51. The number of aliphatic hydroxyl groups is 1. The largest absolute Gasteiger partial charge is 0.393 e. The van der Waals surface area contributed by atoms with Crippen LogP contribution in [0, 0.1) is 0 Å². The van der Waals surface area contributed by atoms with E-state index in [1.807, 2.05) is 6.07 Å². The predicted octanol–water partition coefficient (Wildman–Crippen LogP) is 3.49. The molecule has 4 rings (SSSR count). The van der Waals surface area contributed by atoms with Crippen molar-refractivity contribution >= 4 is 32.7 Å². The van der Waals surface area contributed by atoms with E-state index < -0.39 is 0 Å². The van der Waals surface area contributed by atoms with Gasteiger partial charge < -0.3 is 10.0 Å². The molecule has 2 aliphatic heterocycles. The summed E-state index contributed by atoms with van der Waals surface area (Å²) in [5.41, 5.74) is 1.03. The van der Waals surface area contributed by atoms with E-state index in [2.05, 4.69) is 45.1 Å². The van der Waals surface area contributed by atoms with Crippen LogP contribution in [-0.4, -0.2) is 28.3 Å². The number of hydrogen-bond donors (Lipinski definition) is 1. The van der Waals surface area contributed by atoms with Gasteiger partial charge in [-0.15, -0.1) is 0 Å². The van der Waals surface area contributed by atoms with Crippen LogP contribution in [0.25, 0.3) is 10.9 Å². The van der Waals surface area contributed by atoms with Gasteiger partial charge in [0.1, 0.15) is 5.82 Å². The fraction of sp³-hybridized carbons (Fsp3) is 0.438. The van der Waals surface area contributed by atoms with Crippen LogP contribution < -0.4 is 4.90 Å². The zero-order valence-electron chi connectivity index (χ0n) is 11.2. The average molecular weight is 333 g/mol. The molecule has 2 atom stereocenters. The molecule has 104 valence electrons. The van der Waals surface area contributed by atoms with E-state index in [0.717, 1.165) is 28.6 Å². The summed E-state index contributed by atoms with van der Waals surface area (Å²) in [7, 11) is 0. The molecule has 2 aromatic rings. The molecule has 0 saturated carbocycles. The van der Waals surface area contributed by atoms with Crippen LogP contribution >= 0.6 is 15.9 Å². The number of benzene rings is 1. The highest BCUT2D eigenvalue weighted by Gasteiger charge is 2.40. The van der Waals surface area contributed by atoms with Gasteiger partial charge in [0, 0.05) is 21.9 Å². The topological polar surface area (TPSA) is 36.4 Å². The van der Waals surface area contributed by atoms with Crippen LogP contribution in [0.5, 0.6) is 0 Å². The van der Waals surface area contributed by atoms with Crippen molar-refractivity contribution in [2.24, 2.45) is 0 Å². The summed E-state index contributed by atoms with van der Waals surface area (Å²) in [5, 5.41) is 11.1. The van der Waals surface area contributed by atoms with Crippen molar-refractivity contribution in [2.75, 3.05) is 4.90 Å². The molecule has 2 saturated heterocycles. The van der Waals surface area contributed by atoms with E-state index >= 15 is 0 Å². The molecule has 20 heavy (non-hydrogen) atoms. The van der Waals surface area contributed by atoms with Gasteiger partial charge >= 0.3 is 0 Å². The highest BCUT2D eigenvalue weighted by molar-refractivity contribution is 9.10. The van der Waals surface area contributed by atoms with Gasteiger partial charge in [-0.05, 0) is 49.9 Å². The van der Waals surface area contributed by atoms with Crippen LogP contribution in [-0.2, 0) is 0 Å². The fourth-order valence-electron chi connectivity index (χ4n) is 3.75. The van der Waals surface area contributed by atoms with Gasteiger partial charge in [0.05, 0.1) is 11.6 Å². The maximum absolute atomic E-state index is 9.91.